The number of methoxy groups -OCH3 is 1. The SMILES string of the molecule is COc1cc(Nc2nc(NCCCCCCN(C)C)nc(-c3ccccc3)n2)ccc1-c1cnco1. The van der Waals surface area contributed by atoms with Gasteiger partial charge in [-0.1, -0.05) is 43.2 Å². The third kappa shape index (κ3) is 7.02. The number of nitrogens with zero attached hydrogens (tertiary/aromatic N) is 5. The van der Waals surface area contributed by atoms with E-state index in [1.807, 2.05) is 48.5 Å². The summed E-state index contributed by atoms with van der Waals surface area (Å²) in [7, 11) is 5.84. The van der Waals surface area contributed by atoms with E-state index < -0.39 is 0 Å². The molecule has 0 amide bonds. The molecule has 0 saturated heterocycles. The number of aromatic nitrogens is 4. The summed E-state index contributed by atoms with van der Waals surface area (Å²) >= 11 is 0. The van der Waals surface area contributed by atoms with E-state index in [1.54, 1.807) is 13.3 Å². The second-order valence-electron chi connectivity index (χ2n) is 8.72. The lowest BCUT2D eigenvalue weighted by molar-refractivity contribution is 0.391. The lowest BCUT2D eigenvalue weighted by Gasteiger charge is -2.12. The molecule has 0 unspecified atom stereocenters. The lowest BCUT2D eigenvalue weighted by atomic mass is 10.1. The Morgan fingerprint density at radius 2 is 1.72 bits per heavy atom. The van der Waals surface area contributed by atoms with Crippen LogP contribution in [0.1, 0.15) is 25.7 Å². The number of unbranched alkanes of at least 4 members (excludes halogenated alkanes) is 3. The van der Waals surface area contributed by atoms with E-state index in [2.05, 4.69) is 49.6 Å². The minimum atomic E-state index is 0.451. The van der Waals surface area contributed by atoms with Crippen LogP contribution in [0.4, 0.5) is 17.6 Å². The molecule has 9 nitrogen and oxygen atoms in total. The first-order valence-electron chi connectivity index (χ1n) is 12.2. The quantitative estimate of drug-likeness (QED) is 0.237. The van der Waals surface area contributed by atoms with Gasteiger partial charge in [0, 0.05) is 23.9 Å². The Hall–Kier alpha value is -3.98. The normalized spacial score (nSPS) is 11.0. The van der Waals surface area contributed by atoms with Crippen LogP contribution >= 0.6 is 0 Å². The summed E-state index contributed by atoms with van der Waals surface area (Å²) in [6, 6.07) is 15.6. The molecular formula is C27H33N7O2. The number of hydrogen-bond donors (Lipinski definition) is 2. The predicted octanol–water partition coefficient (Wildman–Crippen LogP) is 5.48. The average molecular weight is 488 g/mol. The first-order chi connectivity index (χ1) is 17.6. The zero-order valence-corrected chi connectivity index (χ0v) is 21.1. The molecule has 0 spiro atoms. The Morgan fingerprint density at radius 1 is 0.917 bits per heavy atom. The van der Waals surface area contributed by atoms with Gasteiger partial charge in [-0.25, -0.2) is 4.98 Å². The summed E-state index contributed by atoms with van der Waals surface area (Å²) in [4.78, 5) is 20.2. The molecule has 4 rings (SSSR count). The highest BCUT2D eigenvalue weighted by Gasteiger charge is 2.13. The van der Waals surface area contributed by atoms with Gasteiger partial charge < -0.3 is 24.7 Å². The van der Waals surface area contributed by atoms with Crippen LogP contribution in [0.3, 0.4) is 0 Å². The van der Waals surface area contributed by atoms with Crippen molar-refractivity contribution < 1.29 is 9.15 Å². The Bertz CT molecular complexity index is 1210. The molecular weight excluding hydrogens is 454 g/mol. The van der Waals surface area contributed by atoms with Crippen molar-refractivity contribution in [3.05, 3.63) is 61.1 Å². The molecule has 2 aromatic carbocycles. The Kier molecular flexibility index (Phi) is 8.82. The maximum atomic E-state index is 5.57. The number of rotatable bonds is 13. The third-order valence-electron chi connectivity index (χ3n) is 5.64. The topological polar surface area (TPSA) is 101 Å². The van der Waals surface area contributed by atoms with Crippen LogP contribution in [0.5, 0.6) is 5.75 Å². The number of nitrogens with one attached hydrogen (secondary N) is 2. The highest BCUT2D eigenvalue weighted by molar-refractivity contribution is 5.71. The summed E-state index contributed by atoms with van der Waals surface area (Å²) in [5.74, 6) is 2.89. The van der Waals surface area contributed by atoms with Crippen molar-refractivity contribution in [3.8, 4) is 28.5 Å². The van der Waals surface area contributed by atoms with Crippen LogP contribution in [0.15, 0.2) is 65.5 Å². The summed E-state index contributed by atoms with van der Waals surface area (Å²) in [6.07, 6.45) is 7.70. The number of hydrogen-bond acceptors (Lipinski definition) is 9. The van der Waals surface area contributed by atoms with E-state index in [0.29, 0.717) is 29.2 Å². The molecule has 36 heavy (non-hydrogen) atoms. The molecule has 0 aliphatic rings. The Morgan fingerprint density at radius 3 is 2.47 bits per heavy atom. The van der Waals surface area contributed by atoms with Crippen LogP contribution in [-0.2, 0) is 0 Å². The van der Waals surface area contributed by atoms with Gasteiger partial charge in [-0.05, 0) is 45.6 Å². The molecule has 2 N–H and O–H groups in total. The van der Waals surface area contributed by atoms with Crippen molar-refractivity contribution in [2.75, 3.05) is 44.9 Å². The number of benzene rings is 2. The van der Waals surface area contributed by atoms with Crippen LogP contribution < -0.4 is 15.4 Å². The van der Waals surface area contributed by atoms with Gasteiger partial charge in [0.2, 0.25) is 11.9 Å². The maximum absolute atomic E-state index is 5.57. The lowest BCUT2D eigenvalue weighted by Crippen LogP contribution is -2.13. The summed E-state index contributed by atoms with van der Waals surface area (Å²) in [6.45, 7) is 1.93. The van der Waals surface area contributed by atoms with Gasteiger partial charge in [-0.15, -0.1) is 0 Å². The molecule has 9 heteroatoms. The molecule has 0 bridgehead atoms. The monoisotopic (exact) mass is 487 g/mol. The van der Waals surface area contributed by atoms with Crippen molar-refractivity contribution in [2.24, 2.45) is 0 Å². The van der Waals surface area contributed by atoms with Crippen molar-refractivity contribution in [1.82, 2.24) is 24.8 Å². The predicted molar refractivity (Wildman–Crippen MR) is 143 cm³/mol. The van der Waals surface area contributed by atoms with Gasteiger partial charge in [0.15, 0.2) is 18.0 Å². The van der Waals surface area contributed by atoms with Crippen molar-refractivity contribution in [1.29, 1.82) is 0 Å². The van der Waals surface area contributed by atoms with Crippen LogP contribution in [0.2, 0.25) is 0 Å². The second kappa shape index (κ2) is 12.6. The van der Waals surface area contributed by atoms with Crippen LogP contribution in [0.25, 0.3) is 22.7 Å². The van der Waals surface area contributed by atoms with E-state index >= 15 is 0 Å². The first-order valence-corrected chi connectivity index (χ1v) is 12.2. The molecule has 0 aliphatic heterocycles. The molecule has 0 atom stereocenters. The first kappa shape index (κ1) is 25.1. The Labute approximate surface area is 212 Å². The van der Waals surface area contributed by atoms with Gasteiger partial charge in [0.05, 0.1) is 18.9 Å². The number of ether oxygens (including phenoxy) is 1. The molecule has 2 heterocycles. The smallest absolute Gasteiger partial charge is 0.232 e. The van der Waals surface area contributed by atoms with Gasteiger partial charge in [0.25, 0.3) is 0 Å². The highest BCUT2D eigenvalue weighted by Crippen LogP contribution is 2.33. The van der Waals surface area contributed by atoms with Gasteiger partial charge in [0.1, 0.15) is 5.75 Å². The van der Waals surface area contributed by atoms with Crippen LogP contribution in [0, 0.1) is 0 Å². The average Bonchev–Trinajstić information content (AvgIpc) is 3.43. The summed E-state index contributed by atoms with van der Waals surface area (Å²) in [5.41, 5.74) is 2.52. The van der Waals surface area contributed by atoms with Crippen LogP contribution in [-0.4, -0.2) is 59.1 Å². The minimum Gasteiger partial charge on any atom is -0.496 e. The number of anilines is 3. The molecule has 188 valence electrons. The maximum Gasteiger partial charge on any atom is 0.232 e. The molecule has 2 aromatic heterocycles. The van der Waals surface area contributed by atoms with E-state index in [9.17, 15) is 0 Å². The van der Waals surface area contributed by atoms with E-state index in [4.69, 9.17) is 9.15 Å². The molecule has 0 fully saturated rings. The van der Waals surface area contributed by atoms with Crippen molar-refractivity contribution in [3.63, 3.8) is 0 Å². The van der Waals surface area contributed by atoms with Crippen molar-refractivity contribution >= 4 is 17.6 Å². The molecule has 4 aromatic rings. The zero-order chi connectivity index (χ0) is 25.2. The fourth-order valence-electron chi connectivity index (χ4n) is 3.78. The van der Waals surface area contributed by atoms with Gasteiger partial charge in [-0.3, -0.25) is 0 Å². The van der Waals surface area contributed by atoms with E-state index in [0.717, 1.165) is 36.3 Å². The second-order valence-corrected chi connectivity index (χ2v) is 8.72. The minimum absolute atomic E-state index is 0.451. The van der Waals surface area contributed by atoms with E-state index in [-0.39, 0.29) is 0 Å². The molecule has 0 saturated carbocycles. The van der Waals surface area contributed by atoms with Gasteiger partial charge in [-0.2, -0.15) is 15.0 Å². The van der Waals surface area contributed by atoms with Gasteiger partial charge >= 0.3 is 0 Å². The zero-order valence-electron chi connectivity index (χ0n) is 21.1. The molecule has 0 radical (unpaired) electrons. The fourth-order valence-corrected chi connectivity index (χ4v) is 3.78. The highest BCUT2D eigenvalue weighted by atomic mass is 16.5. The summed E-state index contributed by atoms with van der Waals surface area (Å²) in [5, 5.41) is 6.67. The molecule has 0 aliphatic carbocycles. The summed E-state index contributed by atoms with van der Waals surface area (Å²) < 4.78 is 11.0. The van der Waals surface area contributed by atoms with Crippen molar-refractivity contribution in [2.45, 2.75) is 25.7 Å². The number of oxazole rings is 1. The third-order valence-corrected chi connectivity index (χ3v) is 5.64. The fraction of sp³-hybridized carbons (Fsp3) is 0.333. The van der Waals surface area contributed by atoms with E-state index in [1.165, 1.54) is 25.7 Å². The largest absolute Gasteiger partial charge is 0.496 e. The Balaban J connectivity index is 1.49. The standard InChI is InChI=1S/C27H33N7O2/c1-34(2)16-10-5-4-9-15-29-26-31-25(20-11-7-6-8-12-20)32-27(33-26)30-21-13-14-22(23(17-21)35-3)24-18-28-19-36-24/h6-8,11-14,17-19H,4-5,9-10,15-16H2,1-3H3,(H2,29,30,31,32,33).